The number of thioether (sulfide) groups is 1. The SMILES string of the molecule is C=C/C(C)=C/[C@]1(C)SC(=O)C(CC)=C1O. The van der Waals surface area contributed by atoms with E-state index in [1.807, 2.05) is 26.8 Å². The lowest BCUT2D eigenvalue weighted by Crippen LogP contribution is -2.17. The molecule has 1 aliphatic rings. The summed E-state index contributed by atoms with van der Waals surface area (Å²) in [5.41, 5.74) is 1.50. The summed E-state index contributed by atoms with van der Waals surface area (Å²) in [7, 11) is 0. The van der Waals surface area contributed by atoms with E-state index in [1.165, 1.54) is 11.8 Å². The van der Waals surface area contributed by atoms with Crippen molar-refractivity contribution in [3.8, 4) is 0 Å². The standard InChI is InChI=1S/C12H16O2S/c1-5-8(3)7-12(4)10(13)9(6-2)11(14)15-12/h5,7,13H,1,6H2,2-4H3/b8-7+/t12-/m0/s1. The third-order valence-corrected chi connectivity index (χ3v) is 3.65. The van der Waals surface area contributed by atoms with Gasteiger partial charge in [0.2, 0.25) is 5.12 Å². The minimum Gasteiger partial charge on any atom is -0.510 e. The Morgan fingerprint density at radius 2 is 2.27 bits per heavy atom. The molecule has 0 spiro atoms. The van der Waals surface area contributed by atoms with Gasteiger partial charge in [0.15, 0.2) is 0 Å². The Kier molecular flexibility index (Phi) is 3.45. The van der Waals surface area contributed by atoms with Crippen LogP contribution in [0, 0.1) is 0 Å². The van der Waals surface area contributed by atoms with Crippen molar-refractivity contribution >= 4 is 16.9 Å². The fourth-order valence-corrected chi connectivity index (χ4v) is 2.82. The third-order valence-electron chi connectivity index (χ3n) is 2.49. The minimum atomic E-state index is -0.610. The first-order valence-corrected chi connectivity index (χ1v) is 5.74. The lowest BCUT2D eigenvalue weighted by Gasteiger charge is -2.18. The third kappa shape index (κ3) is 2.17. The second kappa shape index (κ2) is 4.27. The van der Waals surface area contributed by atoms with Crippen LogP contribution < -0.4 is 0 Å². The van der Waals surface area contributed by atoms with Gasteiger partial charge in [-0.05, 0) is 20.3 Å². The molecule has 0 unspecified atom stereocenters. The van der Waals surface area contributed by atoms with Crippen molar-refractivity contribution in [2.75, 3.05) is 0 Å². The molecule has 2 nitrogen and oxygen atoms in total. The van der Waals surface area contributed by atoms with E-state index in [4.69, 9.17) is 0 Å². The summed E-state index contributed by atoms with van der Waals surface area (Å²) in [5.74, 6) is 0.196. The first kappa shape index (κ1) is 12.1. The second-order valence-electron chi connectivity index (χ2n) is 3.77. The van der Waals surface area contributed by atoms with Crippen LogP contribution in [0.15, 0.2) is 35.6 Å². The highest BCUT2D eigenvalue weighted by molar-refractivity contribution is 8.16. The van der Waals surface area contributed by atoms with Crippen LogP contribution in [-0.4, -0.2) is 15.0 Å². The topological polar surface area (TPSA) is 37.3 Å². The number of hydrogen-bond donors (Lipinski definition) is 1. The maximum atomic E-state index is 11.6. The van der Waals surface area contributed by atoms with Crippen molar-refractivity contribution in [2.45, 2.75) is 31.9 Å². The molecule has 1 N–H and O–H groups in total. The van der Waals surface area contributed by atoms with Crippen molar-refractivity contribution in [3.63, 3.8) is 0 Å². The number of aliphatic hydroxyl groups excluding tert-OH is 1. The van der Waals surface area contributed by atoms with Gasteiger partial charge in [0.25, 0.3) is 0 Å². The summed E-state index contributed by atoms with van der Waals surface area (Å²) >= 11 is 1.17. The smallest absolute Gasteiger partial charge is 0.220 e. The van der Waals surface area contributed by atoms with Gasteiger partial charge >= 0.3 is 0 Å². The Morgan fingerprint density at radius 1 is 1.67 bits per heavy atom. The zero-order valence-corrected chi connectivity index (χ0v) is 10.1. The van der Waals surface area contributed by atoms with Gasteiger partial charge in [-0.2, -0.15) is 0 Å². The average Bonchev–Trinajstić information content (AvgIpc) is 2.37. The number of hydrogen-bond acceptors (Lipinski definition) is 3. The van der Waals surface area contributed by atoms with Gasteiger partial charge in [-0.3, -0.25) is 4.79 Å². The Hall–Kier alpha value is -0.960. The Balaban J connectivity index is 3.14. The molecule has 3 heteroatoms. The maximum absolute atomic E-state index is 11.6. The van der Waals surface area contributed by atoms with E-state index < -0.39 is 4.75 Å². The Morgan fingerprint density at radius 3 is 2.67 bits per heavy atom. The van der Waals surface area contributed by atoms with Crippen LogP contribution in [-0.2, 0) is 4.79 Å². The molecule has 82 valence electrons. The Bertz CT molecular complexity index is 366. The van der Waals surface area contributed by atoms with E-state index in [0.717, 1.165) is 5.57 Å². The van der Waals surface area contributed by atoms with E-state index in [2.05, 4.69) is 6.58 Å². The largest absolute Gasteiger partial charge is 0.510 e. The van der Waals surface area contributed by atoms with E-state index in [9.17, 15) is 9.90 Å². The molecular formula is C12H16O2S. The van der Waals surface area contributed by atoms with E-state index in [-0.39, 0.29) is 10.9 Å². The lowest BCUT2D eigenvalue weighted by atomic mass is 10.0. The first-order valence-electron chi connectivity index (χ1n) is 4.92. The summed E-state index contributed by atoms with van der Waals surface area (Å²) in [6.07, 6.45) is 4.17. The van der Waals surface area contributed by atoms with Crippen LogP contribution >= 0.6 is 11.8 Å². The van der Waals surface area contributed by atoms with Crippen molar-refractivity contribution in [3.05, 3.63) is 35.6 Å². The highest BCUT2D eigenvalue weighted by Gasteiger charge is 2.41. The average molecular weight is 224 g/mol. The molecule has 1 atom stereocenters. The number of carbonyl (C=O) groups excluding carboxylic acids is 1. The maximum Gasteiger partial charge on any atom is 0.220 e. The molecule has 1 rings (SSSR count). The highest BCUT2D eigenvalue weighted by Crippen LogP contribution is 2.44. The molecule has 0 radical (unpaired) electrons. The highest BCUT2D eigenvalue weighted by atomic mass is 32.2. The molecule has 0 fully saturated rings. The first-order chi connectivity index (χ1) is 6.94. The zero-order chi connectivity index (χ0) is 11.6. The molecular weight excluding hydrogens is 208 g/mol. The molecule has 0 saturated carbocycles. The van der Waals surface area contributed by atoms with Gasteiger partial charge in [-0.25, -0.2) is 0 Å². The van der Waals surface area contributed by atoms with Gasteiger partial charge in [0, 0.05) is 5.57 Å². The molecule has 0 aromatic carbocycles. The summed E-state index contributed by atoms with van der Waals surface area (Å²) in [6.45, 7) is 9.28. The molecule has 0 aliphatic carbocycles. The summed E-state index contributed by atoms with van der Waals surface area (Å²) in [4.78, 5) is 11.6. The molecule has 0 aromatic rings. The van der Waals surface area contributed by atoms with Gasteiger partial charge in [-0.1, -0.05) is 43.0 Å². The van der Waals surface area contributed by atoms with Crippen LogP contribution in [0.3, 0.4) is 0 Å². The summed E-state index contributed by atoms with van der Waals surface area (Å²) < 4.78 is -0.610. The van der Waals surface area contributed by atoms with Crippen LogP contribution in [0.1, 0.15) is 27.2 Å². The lowest BCUT2D eigenvalue weighted by molar-refractivity contribution is -0.107. The van der Waals surface area contributed by atoms with Crippen LogP contribution in [0.2, 0.25) is 0 Å². The molecule has 0 amide bonds. The van der Waals surface area contributed by atoms with Gasteiger partial charge < -0.3 is 5.11 Å². The van der Waals surface area contributed by atoms with E-state index in [0.29, 0.717) is 12.0 Å². The predicted octanol–water partition coefficient (Wildman–Crippen LogP) is 3.37. The number of allylic oxidation sites excluding steroid dienone is 2. The monoisotopic (exact) mass is 224 g/mol. The molecule has 0 aromatic heterocycles. The molecule has 0 bridgehead atoms. The number of rotatable bonds is 3. The van der Waals surface area contributed by atoms with E-state index in [1.54, 1.807) is 6.08 Å². The predicted molar refractivity (Wildman–Crippen MR) is 64.9 cm³/mol. The number of aliphatic hydroxyl groups is 1. The summed E-state index contributed by atoms with van der Waals surface area (Å²) in [6, 6.07) is 0. The van der Waals surface area contributed by atoms with Crippen molar-refractivity contribution in [1.29, 1.82) is 0 Å². The van der Waals surface area contributed by atoms with Crippen LogP contribution in [0.5, 0.6) is 0 Å². The summed E-state index contributed by atoms with van der Waals surface area (Å²) in [5, 5.41) is 9.96. The second-order valence-corrected chi connectivity index (χ2v) is 5.19. The van der Waals surface area contributed by atoms with Crippen molar-refractivity contribution < 1.29 is 9.90 Å². The van der Waals surface area contributed by atoms with Crippen molar-refractivity contribution in [2.24, 2.45) is 0 Å². The fourth-order valence-electron chi connectivity index (χ4n) is 1.60. The van der Waals surface area contributed by atoms with E-state index >= 15 is 0 Å². The Labute approximate surface area is 94.8 Å². The molecule has 1 aliphatic heterocycles. The molecule has 0 saturated heterocycles. The minimum absolute atomic E-state index is 0.0226. The van der Waals surface area contributed by atoms with Gasteiger partial charge in [0.1, 0.15) is 5.76 Å². The zero-order valence-electron chi connectivity index (χ0n) is 9.33. The van der Waals surface area contributed by atoms with Crippen LogP contribution in [0.4, 0.5) is 0 Å². The van der Waals surface area contributed by atoms with Gasteiger partial charge in [-0.15, -0.1) is 0 Å². The van der Waals surface area contributed by atoms with Crippen LogP contribution in [0.25, 0.3) is 0 Å². The quantitative estimate of drug-likeness (QED) is 0.747. The van der Waals surface area contributed by atoms with Gasteiger partial charge in [0.05, 0.1) is 4.75 Å². The van der Waals surface area contributed by atoms with Crippen molar-refractivity contribution in [1.82, 2.24) is 0 Å². The number of carbonyl (C=O) groups is 1. The molecule has 15 heavy (non-hydrogen) atoms. The fraction of sp³-hybridized carbons (Fsp3) is 0.417. The molecule has 1 heterocycles. The normalized spacial score (nSPS) is 27.4.